The second-order valence-corrected chi connectivity index (χ2v) is 9.88. The summed E-state index contributed by atoms with van der Waals surface area (Å²) < 4.78 is 12.6. The van der Waals surface area contributed by atoms with Crippen molar-refractivity contribution in [1.82, 2.24) is 4.90 Å². The molecule has 1 aliphatic carbocycles. The van der Waals surface area contributed by atoms with Crippen LogP contribution in [0, 0.1) is 5.92 Å². The quantitative estimate of drug-likeness (QED) is 0.231. The van der Waals surface area contributed by atoms with E-state index in [0.29, 0.717) is 24.6 Å². The minimum absolute atomic E-state index is 0.172. The Morgan fingerprint density at radius 1 is 1.27 bits per heavy atom. The van der Waals surface area contributed by atoms with Crippen LogP contribution in [0.2, 0.25) is 0 Å². The Hall–Kier alpha value is -1.81. The summed E-state index contributed by atoms with van der Waals surface area (Å²) >= 11 is 0. The molecule has 2 atom stereocenters. The van der Waals surface area contributed by atoms with Gasteiger partial charge in [-0.1, -0.05) is 31.4 Å². The van der Waals surface area contributed by atoms with Gasteiger partial charge in [-0.3, -0.25) is 4.79 Å². The maximum Gasteiger partial charge on any atom is 0.312 e. The van der Waals surface area contributed by atoms with Crippen LogP contribution < -0.4 is 9.47 Å². The van der Waals surface area contributed by atoms with Gasteiger partial charge in [-0.05, 0) is 78.2 Å². The summed E-state index contributed by atoms with van der Waals surface area (Å²) in [5.74, 6) is 2.06. The first-order valence-corrected chi connectivity index (χ1v) is 11.6. The van der Waals surface area contributed by atoms with Gasteiger partial charge < -0.3 is 14.4 Å². The average molecular weight is 414 g/mol. The lowest BCUT2D eigenvalue weighted by Crippen LogP contribution is -2.45. The molecule has 1 heterocycles. The summed E-state index contributed by atoms with van der Waals surface area (Å²) in [5, 5.41) is 0. The number of hydrogen-bond acceptors (Lipinski definition) is 4. The normalized spacial score (nSPS) is 22.0. The lowest BCUT2D eigenvalue weighted by atomic mass is 9.68. The predicted molar refractivity (Wildman–Crippen MR) is 122 cm³/mol. The highest BCUT2D eigenvalue weighted by Gasteiger charge is 2.45. The molecule has 0 radical (unpaired) electrons. The van der Waals surface area contributed by atoms with Gasteiger partial charge in [-0.15, -0.1) is 0 Å². The third kappa shape index (κ3) is 5.26. The van der Waals surface area contributed by atoms with E-state index in [2.05, 4.69) is 45.9 Å². The summed E-state index contributed by atoms with van der Waals surface area (Å²) in [6.07, 6.45) is 9.49. The summed E-state index contributed by atoms with van der Waals surface area (Å²) in [6.45, 7) is 9.52. The van der Waals surface area contributed by atoms with Crippen LogP contribution in [0.5, 0.6) is 11.5 Å². The number of carbonyl (C=O) groups excluding carboxylic acids is 1. The monoisotopic (exact) mass is 413 g/mol. The third-order valence-corrected chi connectivity index (χ3v) is 6.57. The second-order valence-electron chi connectivity index (χ2n) is 9.88. The number of allylic oxidation sites excluding steroid dienone is 2. The molecule has 4 heteroatoms. The van der Waals surface area contributed by atoms with Crippen LogP contribution in [-0.2, 0) is 11.2 Å². The van der Waals surface area contributed by atoms with Crippen LogP contribution in [0.3, 0.4) is 0 Å². The minimum atomic E-state index is -0.233. The topological polar surface area (TPSA) is 38.8 Å². The fourth-order valence-corrected chi connectivity index (χ4v) is 4.86. The first-order chi connectivity index (χ1) is 14.2. The molecule has 0 fully saturated rings. The molecule has 3 rings (SSSR count). The Morgan fingerprint density at radius 3 is 2.73 bits per heavy atom. The Labute approximate surface area is 182 Å². The molecule has 0 amide bonds. The standard InChI is InChI=1S/C26H39NO3/c1-7-8-9-10-19-16-22(29-24(28)13-14-27(5)6)25-20-15-18(2)11-12-21(20)26(3,4)30-23(25)17-19/h15-17,20-21H,7-14H2,1-6H3/t20-,21?/m1/s1. The van der Waals surface area contributed by atoms with Gasteiger partial charge in [-0.2, -0.15) is 0 Å². The average Bonchev–Trinajstić information content (AvgIpc) is 2.65. The van der Waals surface area contributed by atoms with Gasteiger partial charge in [-0.25, -0.2) is 0 Å². The minimum Gasteiger partial charge on any atom is -0.487 e. The van der Waals surface area contributed by atoms with Crippen molar-refractivity contribution in [3.8, 4) is 11.5 Å². The van der Waals surface area contributed by atoms with Crippen molar-refractivity contribution in [1.29, 1.82) is 0 Å². The van der Waals surface area contributed by atoms with Crippen LogP contribution in [0.25, 0.3) is 0 Å². The number of esters is 1. The van der Waals surface area contributed by atoms with Crippen LogP contribution in [0.15, 0.2) is 23.8 Å². The molecule has 1 aliphatic heterocycles. The van der Waals surface area contributed by atoms with Gasteiger partial charge in [0, 0.05) is 23.9 Å². The van der Waals surface area contributed by atoms with E-state index in [-0.39, 0.29) is 17.5 Å². The van der Waals surface area contributed by atoms with E-state index in [1.807, 2.05) is 19.0 Å². The molecule has 1 aromatic rings. The zero-order valence-electron chi connectivity index (χ0n) is 19.7. The summed E-state index contributed by atoms with van der Waals surface area (Å²) in [5.41, 5.74) is 3.44. The number of rotatable bonds is 8. The van der Waals surface area contributed by atoms with Crippen molar-refractivity contribution in [3.05, 3.63) is 34.9 Å². The fourth-order valence-electron chi connectivity index (χ4n) is 4.86. The molecular formula is C26H39NO3. The molecule has 0 aromatic heterocycles. The van der Waals surface area contributed by atoms with E-state index in [0.717, 1.165) is 37.0 Å². The lowest BCUT2D eigenvalue weighted by molar-refractivity contribution is -0.134. The van der Waals surface area contributed by atoms with Gasteiger partial charge >= 0.3 is 5.97 Å². The Kier molecular flexibility index (Phi) is 7.28. The zero-order chi connectivity index (χ0) is 21.9. The van der Waals surface area contributed by atoms with Gasteiger partial charge in [0.25, 0.3) is 0 Å². The number of ether oxygens (including phenoxy) is 2. The number of fused-ring (bicyclic) bond motifs is 3. The zero-order valence-corrected chi connectivity index (χ0v) is 19.7. The molecule has 1 unspecified atom stereocenters. The second kappa shape index (κ2) is 9.55. The first-order valence-electron chi connectivity index (χ1n) is 11.6. The molecule has 2 aliphatic rings. The van der Waals surface area contributed by atoms with E-state index < -0.39 is 0 Å². The van der Waals surface area contributed by atoms with Gasteiger partial charge in [0.2, 0.25) is 0 Å². The summed E-state index contributed by atoms with van der Waals surface area (Å²) in [7, 11) is 3.94. The van der Waals surface area contributed by atoms with Crippen LogP contribution in [0.1, 0.15) is 83.3 Å². The highest BCUT2D eigenvalue weighted by molar-refractivity contribution is 5.74. The van der Waals surface area contributed by atoms with Crippen molar-refractivity contribution in [2.75, 3.05) is 20.6 Å². The number of carbonyl (C=O) groups is 1. The number of nitrogens with zero attached hydrogens (tertiary/aromatic N) is 1. The third-order valence-electron chi connectivity index (χ3n) is 6.57. The summed E-state index contributed by atoms with van der Waals surface area (Å²) in [6, 6.07) is 4.29. The van der Waals surface area contributed by atoms with E-state index in [9.17, 15) is 4.79 Å². The first kappa shape index (κ1) is 22.9. The van der Waals surface area contributed by atoms with E-state index in [1.165, 1.54) is 24.0 Å². The maximum atomic E-state index is 12.6. The molecule has 0 N–H and O–H groups in total. The molecule has 0 saturated heterocycles. The number of hydrogen-bond donors (Lipinski definition) is 0. The molecule has 4 nitrogen and oxygen atoms in total. The lowest BCUT2D eigenvalue weighted by Gasteiger charge is -2.46. The predicted octanol–water partition coefficient (Wildman–Crippen LogP) is 5.89. The molecule has 30 heavy (non-hydrogen) atoms. The van der Waals surface area contributed by atoms with Gasteiger partial charge in [0.1, 0.15) is 17.1 Å². The van der Waals surface area contributed by atoms with E-state index in [4.69, 9.17) is 9.47 Å². The molecule has 1 aromatic carbocycles. The van der Waals surface area contributed by atoms with Crippen LogP contribution >= 0.6 is 0 Å². The SMILES string of the molecule is CCCCCc1cc(OC(=O)CCN(C)C)c2c(c1)OC(C)(C)C1CCC(C)=C[C@@H]21. The van der Waals surface area contributed by atoms with Crippen molar-refractivity contribution in [3.63, 3.8) is 0 Å². The summed E-state index contributed by atoms with van der Waals surface area (Å²) in [4.78, 5) is 14.6. The Morgan fingerprint density at radius 2 is 2.03 bits per heavy atom. The molecule has 0 spiro atoms. The number of aryl methyl sites for hydroxylation is 1. The maximum absolute atomic E-state index is 12.6. The van der Waals surface area contributed by atoms with Gasteiger partial charge in [0.05, 0.1) is 6.42 Å². The van der Waals surface area contributed by atoms with Crippen molar-refractivity contribution >= 4 is 5.97 Å². The van der Waals surface area contributed by atoms with Crippen molar-refractivity contribution < 1.29 is 14.3 Å². The van der Waals surface area contributed by atoms with Crippen molar-refractivity contribution in [2.24, 2.45) is 5.92 Å². The Balaban J connectivity index is 2.00. The van der Waals surface area contributed by atoms with E-state index in [1.54, 1.807) is 0 Å². The Bertz CT molecular complexity index is 794. The fraction of sp³-hybridized carbons (Fsp3) is 0.654. The van der Waals surface area contributed by atoms with Crippen LogP contribution in [-0.4, -0.2) is 37.1 Å². The van der Waals surface area contributed by atoms with Crippen molar-refractivity contribution in [2.45, 2.75) is 84.2 Å². The number of benzene rings is 1. The van der Waals surface area contributed by atoms with E-state index >= 15 is 0 Å². The smallest absolute Gasteiger partial charge is 0.312 e. The van der Waals surface area contributed by atoms with Crippen LogP contribution in [0.4, 0.5) is 0 Å². The number of unbranched alkanes of at least 4 members (excludes halogenated alkanes) is 2. The highest BCUT2D eigenvalue weighted by atomic mass is 16.5. The highest BCUT2D eigenvalue weighted by Crippen LogP contribution is 2.53. The van der Waals surface area contributed by atoms with Gasteiger partial charge in [0.15, 0.2) is 0 Å². The largest absolute Gasteiger partial charge is 0.487 e. The molecule has 166 valence electrons. The molecule has 0 saturated carbocycles. The molecule has 0 bridgehead atoms. The molecular weight excluding hydrogens is 374 g/mol.